The molecule has 2 fully saturated rings. The number of halogens is 1. The maximum absolute atomic E-state index is 13.2. The highest BCUT2D eigenvalue weighted by atomic mass is 32.2. The van der Waals surface area contributed by atoms with E-state index < -0.39 is 21.9 Å². The smallest absolute Gasteiger partial charge is 0.243 e. The first-order valence-electron chi connectivity index (χ1n) is 11.3. The van der Waals surface area contributed by atoms with E-state index in [1.807, 2.05) is 12.1 Å². The molecule has 1 N–H and O–H groups in total. The van der Waals surface area contributed by atoms with Crippen molar-refractivity contribution in [3.63, 3.8) is 0 Å². The normalized spacial score (nSPS) is 20.3. The van der Waals surface area contributed by atoms with Crippen molar-refractivity contribution in [2.45, 2.75) is 56.1 Å². The first kappa shape index (κ1) is 22.9. The molecule has 1 amide bonds. The van der Waals surface area contributed by atoms with Gasteiger partial charge in [-0.05, 0) is 74.2 Å². The van der Waals surface area contributed by atoms with Gasteiger partial charge < -0.3 is 5.32 Å². The lowest BCUT2D eigenvalue weighted by Crippen LogP contribution is -2.45. The molecule has 6 nitrogen and oxygen atoms in total. The predicted octanol–water partition coefficient (Wildman–Crippen LogP) is 3.28. The number of likely N-dealkylation sites (tertiary alicyclic amines) is 1. The molecule has 1 atom stereocenters. The number of nitrogens with one attached hydrogen (secondary N) is 1. The van der Waals surface area contributed by atoms with E-state index in [2.05, 4.69) is 22.3 Å². The molecule has 172 valence electrons. The zero-order valence-electron chi connectivity index (χ0n) is 18.2. The van der Waals surface area contributed by atoms with Crippen LogP contribution in [0.1, 0.15) is 43.2 Å². The standard InChI is InChI=1S/C24H30FN3O3S/c25-21-10-12-22(13-11-21)32(30,31)28-16-4-5-23(28)24(29)26-17-19-6-8-20(9-7-19)18-27-14-2-1-3-15-27/h6-13,23H,1-5,14-18H2,(H,26,29)/t23-/m0/s1. The van der Waals surface area contributed by atoms with E-state index >= 15 is 0 Å². The van der Waals surface area contributed by atoms with E-state index in [4.69, 9.17) is 0 Å². The van der Waals surface area contributed by atoms with Crippen molar-refractivity contribution < 1.29 is 17.6 Å². The second-order valence-corrected chi connectivity index (χ2v) is 10.5. The zero-order valence-corrected chi connectivity index (χ0v) is 19.0. The summed E-state index contributed by atoms with van der Waals surface area (Å²) in [5.74, 6) is -0.799. The van der Waals surface area contributed by atoms with Crippen molar-refractivity contribution in [3.05, 3.63) is 65.5 Å². The Morgan fingerprint density at radius 2 is 1.56 bits per heavy atom. The molecule has 2 aromatic rings. The second-order valence-electron chi connectivity index (χ2n) is 8.60. The van der Waals surface area contributed by atoms with E-state index in [9.17, 15) is 17.6 Å². The fourth-order valence-corrected chi connectivity index (χ4v) is 6.13. The summed E-state index contributed by atoms with van der Waals surface area (Å²) < 4.78 is 40.3. The molecule has 0 aliphatic carbocycles. The molecule has 8 heteroatoms. The lowest BCUT2D eigenvalue weighted by molar-refractivity contribution is -0.124. The number of benzene rings is 2. The van der Waals surface area contributed by atoms with Gasteiger partial charge in [-0.2, -0.15) is 4.31 Å². The molecule has 4 rings (SSSR count). The molecule has 0 spiro atoms. The van der Waals surface area contributed by atoms with Crippen LogP contribution in [0.25, 0.3) is 0 Å². The van der Waals surface area contributed by atoms with Crippen molar-refractivity contribution in [3.8, 4) is 0 Å². The third kappa shape index (κ3) is 5.36. The number of sulfonamides is 1. The Morgan fingerprint density at radius 3 is 2.25 bits per heavy atom. The van der Waals surface area contributed by atoms with E-state index in [1.165, 1.54) is 41.3 Å². The fraction of sp³-hybridized carbons (Fsp3) is 0.458. The summed E-state index contributed by atoms with van der Waals surface area (Å²) in [5.41, 5.74) is 2.24. The number of carbonyl (C=O) groups is 1. The Kier molecular flexibility index (Phi) is 7.23. The summed E-state index contributed by atoms with van der Waals surface area (Å²) in [6, 6.07) is 12.2. The molecule has 2 heterocycles. The van der Waals surface area contributed by atoms with Gasteiger partial charge in [0.2, 0.25) is 15.9 Å². The van der Waals surface area contributed by atoms with Gasteiger partial charge in [0.1, 0.15) is 11.9 Å². The average molecular weight is 460 g/mol. The Morgan fingerprint density at radius 1 is 0.906 bits per heavy atom. The predicted molar refractivity (Wildman–Crippen MR) is 121 cm³/mol. The van der Waals surface area contributed by atoms with Crippen LogP contribution in [0.4, 0.5) is 4.39 Å². The van der Waals surface area contributed by atoms with Crippen LogP contribution < -0.4 is 5.32 Å². The van der Waals surface area contributed by atoms with Crippen LogP contribution in [-0.4, -0.2) is 49.2 Å². The number of nitrogens with zero attached hydrogens (tertiary/aromatic N) is 2. The summed E-state index contributed by atoms with van der Waals surface area (Å²) in [7, 11) is -3.85. The van der Waals surface area contributed by atoms with Crippen LogP contribution in [0.15, 0.2) is 53.4 Å². The molecule has 0 aromatic heterocycles. The van der Waals surface area contributed by atoms with Crippen LogP contribution >= 0.6 is 0 Å². The van der Waals surface area contributed by atoms with Gasteiger partial charge in [0.15, 0.2) is 0 Å². The molecule has 2 aromatic carbocycles. The lowest BCUT2D eigenvalue weighted by Gasteiger charge is -2.26. The van der Waals surface area contributed by atoms with E-state index in [1.54, 1.807) is 0 Å². The first-order valence-corrected chi connectivity index (χ1v) is 12.7. The molecule has 2 saturated heterocycles. The van der Waals surface area contributed by atoms with Gasteiger partial charge in [0.25, 0.3) is 0 Å². The third-order valence-corrected chi connectivity index (χ3v) is 8.19. The summed E-state index contributed by atoms with van der Waals surface area (Å²) in [5, 5.41) is 2.89. The minimum absolute atomic E-state index is 0.00268. The topological polar surface area (TPSA) is 69.7 Å². The zero-order chi connectivity index (χ0) is 22.6. The summed E-state index contributed by atoms with van der Waals surface area (Å²) in [6.07, 6.45) is 4.93. The molecular formula is C24H30FN3O3S. The van der Waals surface area contributed by atoms with Crippen LogP contribution in [0.3, 0.4) is 0 Å². The van der Waals surface area contributed by atoms with Gasteiger partial charge in [-0.3, -0.25) is 9.69 Å². The molecule has 32 heavy (non-hydrogen) atoms. The molecule has 2 aliphatic heterocycles. The largest absolute Gasteiger partial charge is 0.351 e. The summed E-state index contributed by atoms with van der Waals surface area (Å²) in [6.45, 7) is 3.88. The molecular weight excluding hydrogens is 429 g/mol. The number of hydrogen-bond donors (Lipinski definition) is 1. The van der Waals surface area contributed by atoms with Gasteiger partial charge in [-0.25, -0.2) is 12.8 Å². The lowest BCUT2D eigenvalue weighted by atomic mass is 10.1. The second kappa shape index (κ2) is 10.1. The summed E-state index contributed by atoms with van der Waals surface area (Å²) >= 11 is 0. The van der Waals surface area contributed by atoms with Gasteiger partial charge in [-0.15, -0.1) is 0 Å². The fourth-order valence-electron chi connectivity index (χ4n) is 4.48. The molecule has 0 unspecified atom stereocenters. The summed E-state index contributed by atoms with van der Waals surface area (Å²) in [4.78, 5) is 15.3. The Bertz CT molecular complexity index is 1020. The highest BCUT2D eigenvalue weighted by molar-refractivity contribution is 7.89. The van der Waals surface area contributed by atoms with Gasteiger partial charge >= 0.3 is 0 Å². The number of amides is 1. The SMILES string of the molecule is O=C(NCc1ccc(CN2CCCCC2)cc1)[C@@H]1CCCN1S(=O)(=O)c1ccc(F)cc1. The first-order chi connectivity index (χ1) is 15.4. The van der Waals surface area contributed by atoms with Crippen molar-refractivity contribution in [1.82, 2.24) is 14.5 Å². The Balaban J connectivity index is 1.34. The molecule has 0 saturated carbocycles. The average Bonchev–Trinajstić information content (AvgIpc) is 3.31. The Labute approximate surface area is 189 Å². The van der Waals surface area contributed by atoms with Crippen molar-refractivity contribution in [1.29, 1.82) is 0 Å². The maximum Gasteiger partial charge on any atom is 0.243 e. The van der Waals surface area contributed by atoms with Crippen LogP contribution in [0, 0.1) is 5.82 Å². The van der Waals surface area contributed by atoms with Crippen LogP contribution in [0.2, 0.25) is 0 Å². The highest BCUT2D eigenvalue weighted by Gasteiger charge is 2.39. The van der Waals surface area contributed by atoms with Crippen molar-refractivity contribution in [2.75, 3.05) is 19.6 Å². The van der Waals surface area contributed by atoms with E-state index in [0.29, 0.717) is 19.4 Å². The van der Waals surface area contributed by atoms with E-state index in [0.717, 1.165) is 37.3 Å². The molecule has 0 bridgehead atoms. The van der Waals surface area contributed by atoms with Gasteiger partial charge in [0.05, 0.1) is 4.90 Å². The van der Waals surface area contributed by atoms with E-state index in [-0.39, 0.29) is 17.3 Å². The van der Waals surface area contributed by atoms with Crippen LogP contribution in [-0.2, 0) is 27.9 Å². The molecule has 0 radical (unpaired) electrons. The number of rotatable bonds is 7. The monoisotopic (exact) mass is 459 g/mol. The number of hydrogen-bond acceptors (Lipinski definition) is 4. The highest BCUT2D eigenvalue weighted by Crippen LogP contribution is 2.26. The van der Waals surface area contributed by atoms with Crippen LogP contribution in [0.5, 0.6) is 0 Å². The molecule has 2 aliphatic rings. The number of piperidine rings is 1. The minimum Gasteiger partial charge on any atom is -0.351 e. The minimum atomic E-state index is -3.85. The maximum atomic E-state index is 13.2. The Hall–Kier alpha value is -2.29. The van der Waals surface area contributed by atoms with Crippen molar-refractivity contribution >= 4 is 15.9 Å². The van der Waals surface area contributed by atoms with Gasteiger partial charge in [0, 0.05) is 19.6 Å². The van der Waals surface area contributed by atoms with Crippen molar-refractivity contribution in [2.24, 2.45) is 0 Å². The third-order valence-electron chi connectivity index (χ3n) is 6.27. The number of carbonyl (C=O) groups excluding carboxylic acids is 1. The quantitative estimate of drug-likeness (QED) is 0.690. The van der Waals surface area contributed by atoms with Gasteiger partial charge in [-0.1, -0.05) is 30.7 Å².